The van der Waals surface area contributed by atoms with Crippen LogP contribution < -0.4 is 10.6 Å². The van der Waals surface area contributed by atoms with Gasteiger partial charge in [0.1, 0.15) is 0 Å². The molecule has 5 heteroatoms. The van der Waals surface area contributed by atoms with Crippen molar-refractivity contribution in [3.05, 3.63) is 58.1 Å². The van der Waals surface area contributed by atoms with Crippen LogP contribution in [-0.4, -0.2) is 6.03 Å². The molecule has 4 nitrogen and oxygen atoms in total. The van der Waals surface area contributed by atoms with Gasteiger partial charge in [0.2, 0.25) is 0 Å². The maximum atomic E-state index is 12.0. The van der Waals surface area contributed by atoms with E-state index in [1.807, 2.05) is 26.0 Å². The topological polar surface area (TPSA) is 64.9 Å². The number of hydrogen-bond donors (Lipinski definition) is 2. The summed E-state index contributed by atoms with van der Waals surface area (Å²) in [6.07, 6.45) is 0. The lowest BCUT2D eigenvalue weighted by Crippen LogP contribution is -2.20. The molecule has 0 fully saturated rings. The summed E-state index contributed by atoms with van der Waals surface area (Å²) in [6.45, 7) is 3.75. The van der Waals surface area contributed by atoms with E-state index in [1.165, 1.54) is 0 Å². The fraction of sp³-hybridized carbons (Fsp3) is 0.125. The standard InChI is InChI=1S/C16H14ClN3O/c1-10-4-6-13(8-14(10)17)19-16(21)20-15-7-12(9-18)5-3-11(15)2/h3-8H,1-2H3,(H2,19,20,21). The molecule has 2 amide bonds. The van der Waals surface area contributed by atoms with E-state index in [0.29, 0.717) is 22.0 Å². The average Bonchev–Trinajstić information content (AvgIpc) is 2.45. The average molecular weight is 300 g/mol. The normalized spacial score (nSPS) is 9.81. The number of amides is 2. The summed E-state index contributed by atoms with van der Waals surface area (Å²) in [5, 5.41) is 14.9. The Kier molecular flexibility index (Phi) is 4.46. The highest BCUT2D eigenvalue weighted by molar-refractivity contribution is 6.31. The van der Waals surface area contributed by atoms with E-state index >= 15 is 0 Å². The van der Waals surface area contributed by atoms with Gasteiger partial charge in [-0.25, -0.2) is 4.79 Å². The minimum absolute atomic E-state index is 0.381. The Hall–Kier alpha value is -2.51. The predicted octanol–water partition coefficient (Wildman–Crippen LogP) is 4.47. The minimum Gasteiger partial charge on any atom is -0.308 e. The predicted molar refractivity (Wildman–Crippen MR) is 84.7 cm³/mol. The number of nitriles is 1. The first-order valence-electron chi connectivity index (χ1n) is 6.34. The van der Waals surface area contributed by atoms with Gasteiger partial charge in [0.25, 0.3) is 0 Å². The Morgan fingerprint density at radius 1 is 1.10 bits per heavy atom. The van der Waals surface area contributed by atoms with Crippen molar-refractivity contribution >= 4 is 29.0 Å². The number of nitrogens with one attached hydrogen (secondary N) is 2. The zero-order valence-corrected chi connectivity index (χ0v) is 12.5. The molecule has 0 aromatic heterocycles. The van der Waals surface area contributed by atoms with E-state index in [0.717, 1.165) is 11.1 Å². The first kappa shape index (κ1) is 14.9. The SMILES string of the molecule is Cc1ccc(NC(=O)Nc2cc(C#N)ccc2C)cc1Cl. The van der Waals surface area contributed by atoms with Crippen molar-refractivity contribution in [1.82, 2.24) is 0 Å². The Bertz CT molecular complexity index is 735. The van der Waals surface area contributed by atoms with Gasteiger partial charge < -0.3 is 10.6 Å². The molecule has 0 unspecified atom stereocenters. The second-order valence-electron chi connectivity index (χ2n) is 4.68. The van der Waals surface area contributed by atoms with Crippen LogP contribution in [0.5, 0.6) is 0 Å². The molecule has 0 heterocycles. The summed E-state index contributed by atoms with van der Waals surface area (Å²) in [7, 11) is 0. The van der Waals surface area contributed by atoms with Crippen LogP contribution in [0.1, 0.15) is 16.7 Å². The molecule has 0 aliphatic rings. The van der Waals surface area contributed by atoms with Gasteiger partial charge in [-0.05, 0) is 49.2 Å². The number of aryl methyl sites for hydroxylation is 2. The van der Waals surface area contributed by atoms with E-state index < -0.39 is 0 Å². The highest BCUT2D eigenvalue weighted by Crippen LogP contribution is 2.21. The van der Waals surface area contributed by atoms with Gasteiger partial charge in [-0.3, -0.25) is 0 Å². The van der Waals surface area contributed by atoms with Crippen LogP contribution in [0.3, 0.4) is 0 Å². The third-order valence-electron chi connectivity index (χ3n) is 3.04. The summed E-state index contributed by atoms with van der Waals surface area (Å²) >= 11 is 6.01. The molecule has 0 saturated carbocycles. The number of rotatable bonds is 2. The molecule has 0 aliphatic carbocycles. The molecule has 2 rings (SSSR count). The van der Waals surface area contributed by atoms with Crippen LogP contribution in [0.25, 0.3) is 0 Å². The summed E-state index contributed by atoms with van der Waals surface area (Å²) in [4.78, 5) is 12.0. The second-order valence-corrected chi connectivity index (χ2v) is 5.09. The van der Waals surface area contributed by atoms with Crippen LogP contribution in [0.4, 0.5) is 16.2 Å². The molecule has 2 N–H and O–H groups in total. The first-order valence-corrected chi connectivity index (χ1v) is 6.72. The number of urea groups is 1. The summed E-state index contributed by atoms with van der Waals surface area (Å²) < 4.78 is 0. The van der Waals surface area contributed by atoms with Crippen molar-refractivity contribution in [2.24, 2.45) is 0 Å². The quantitative estimate of drug-likeness (QED) is 0.859. The first-order chi connectivity index (χ1) is 9.99. The van der Waals surface area contributed by atoms with Gasteiger partial charge in [-0.2, -0.15) is 5.26 Å². The van der Waals surface area contributed by atoms with E-state index in [2.05, 4.69) is 10.6 Å². The lowest BCUT2D eigenvalue weighted by molar-refractivity contribution is 0.262. The highest BCUT2D eigenvalue weighted by atomic mass is 35.5. The minimum atomic E-state index is -0.381. The number of carbonyl (C=O) groups excluding carboxylic acids is 1. The molecule has 0 bridgehead atoms. The van der Waals surface area contributed by atoms with Gasteiger partial charge in [0, 0.05) is 16.4 Å². The third-order valence-corrected chi connectivity index (χ3v) is 3.45. The van der Waals surface area contributed by atoms with Crippen LogP contribution in [-0.2, 0) is 0 Å². The van der Waals surface area contributed by atoms with Gasteiger partial charge in [-0.1, -0.05) is 23.7 Å². The number of hydrogen-bond acceptors (Lipinski definition) is 2. The molecule has 0 spiro atoms. The Morgan fingerprint density at radius 2 is 1.81 bits per heavy atom. The molecule has 106 valence electrons. The van der Waals surface area contributed by atoms with Gasteiger partial charge in [-0.15, -0.1) is 0 Å². The fourth-order valence-electron chi connectivity index (χ4n) is 1.78. The molecular formula is C16H14ClN3O. The maximum Gasteiger partial charge on any atom is 0.323 e. The molecule has 21 heavy (non-hydrogen) atoms. The Morgan fingerprint density at radius 3 is 2.48 bits per heavy atom. The summed E-state index contributed by atoms with van der Waals surface area (Å²) in [6, 6.07) is 12.1. The number of benzene rings is 2. The largest absolute Gasteiger partial charge is 0.323 e. The van der Waals surface area contributed by atoms with Crippen molar-refractivity contribution in [1.29, 1.82) is 5.26 Å². The number of nitrogens with zero attached hydrogens (tertiary/aromatic N) is 1. The molecule has 2 aromatic rings. The number of anilines is 2. The van der Waals surface area contributed by atoms with Crippen molar-refractivity contribution in [2.75, 3.05) is 10.6 Å². The van der Waals surface area contributed by atoms with Crippen molar-refractivity contribution in [2.45, 2.75) is 13.8 Å². The monoisotopic (exact) mass is 299 g/mol. The zero-order chi connectivity index (χ0) is 15.4. The van der Waals surface area contributed by atoms with Crippen molar-refractivity contribution < 1.29 is 4.79 Å². The van der Waals surface area contributed by atoms with E-state index in [1.54, 1.807) is 30.3 Å². The molecule has 0 saturated heterocycles. The number of halogens is 1. The smallest absolute Gasteiger partial charge is 0.308 e. The lowest BCUT2D eigenvalue weighted by atomic mass is 10.1. The van der Waals surface area contributed by atoms with E-state index in [9.17, 15) is 4.79 Å². The maximum absolute atomic E-state index is 12.0. The summed E-state index contributed by atoms with van der Waals surface area (Å²) in [5.74, 6) is 0. The van der Waals surface area contributed by atoms with Gasteiger partial charge >= 0.3 is 6.03 Å². The zero-order valence-electron chi connectivity index (χ0n) is 11.7. The molecule has 2 aromatic carbocycles. The van der Waals surface area contributed by atoms with E-state index in [4.69, 9.17) is 16.9 Å². The molecule has 0 radical (unpaired) electrons. The second kappa shape index (κ2) is 6.29. The lowest BCUT2D eigenvalue weighted by Gasteiger charge is -2.11. The van der Waals surface area contributed by atoms with Crippen LogP contribution in [0.2, 0.25) is 5.02 Å². The van der Waals surface area contributed by atoms with Crippen molar-refractivity contribution in [3.63, 3.8) is 0 Å². The Balaban J connectivity index is 2.11. The Labute approximate surface area is 128 Å². The molecule has 0 atom stereocenters. The molecule has 0 aliphatic heterocycles. The summed E-state index contributed by atoms with van der Waals surface area (Å²) in [5.41, 5.74) is 3.53. The highest BCUT2D eigenvalue weighted by Gasteiger charge is 2.07. The van der Waals surface area contributed by atoms with Crippen molar-refractivity contribution in [3.8, 4) is 6.07 Å². The fourth-order valence-corrected chi connectivity index (χ4v) is 1.96. The van der Waals surface area contributed by atoms with Crippen LogP contribution in [0.15, 0.2) is 36.4 Å². The van der Waals surface area contributed by atoms with Gasteiger partial charge in [0.15, 0.2) is 0 Å². The third kappa shape index (κ3) is 3.74. The van der Waals surface area contributed by atoms with E-state index in [-0.39, 0.29) is 6.03 Å². The van der Waals surface area contributed by atoms with Crippen LogP contribution in [0, 0.1) is 25.2 Å². The van der Waals surface area contributed by atoms with Crippen LogP contribution >= 0.6 is 11.6 Å². The van der Waals surface area contributed by atoms with Gasteiger partial charge in [0.05, 0.1) is 11.6 Å². The molecular weight excluding hydrogens is 286 g/mol. The number of carbonyl (C=O) groups is 1.